The summed E-state index contributed by atoms with van der Waals surface area (Å²) in [5.74, 6) is 0.827. The number of hydrogen-bond acceptors (Lipinski definition) is 4. The number of Topliss-reactive ketones (excluding diaryl/α,β-unsaturated/α-hetero) is 1. The first-order chi connectivity index (χ1) is 11.1. The number of hydrogen-bond donors (Lipinski definition) is 1. The van der Waals surface area contributed by atoms with Crippen LogP contribution in [0.3, 0.4) is 0 Å². The Bertz CT molecular complexity index is 728. The molecule has 2 fully saturated rings. The average Bonchev–Trinajstić information content (AvgIpc) is 2.94. The Hall–Kier alpha value is -1.46. The van der Waals surface area contributed by atoms with E-state index in [0.717, 1.165) is 16.5 Å². The van der Waals surface area contributed by atoms with Gasteiger partial charge in [-0.15, -0.1) is 11.3 Å². The van der Waals surface area contributed by atoms with Gasteiger partial charge in [-0.2, -0.15) is 5.10 Å². The minimum Gasteiger partial charge on any atom is -0.311 e. The van der Waals surface area contributed by atoms with Gasteiger partial charge in [0.1, 0.15) is 0 Å². The topological polar surface area (TPSA) is 46.9 Å². The van der Waals surface area contributed by atoms with E-state index in [-0.39, 0.29) is 5.78 Å². The predicted molar refractivity (Wildman–Crippen MR) is 92.2 cm³/mol. The molecule has 2 aliphatic carbocycles. The van der Waals surface area contributed by atoms with Crippen molar-refractivity contribution in [3.63, 3.8) is 0 Å². The molecule has 1 N–H and O–H groups in total. The van der Waals surface area contributed by atoms with Crippen molar-refractivity contribution in [2.75, 3.05) is 0 Å². The first-order valence-corrected chi connectivity index (χ1v) is 9.29. The highest BCUT2D eigenvalue weighted by molar-refractivity contribution is 7.14. The molecule has 23 heavy (non-hydrogen) atoms. The second kappa shape index (κ2) is 5.87. The number of carbonyl (C=O) groups is 1. The molecule has 2 aromatic heterocycles. The number of carbonyl (C=O) groups excluding carboxylic acids is 1. The molecule has 0 aliphatic heterocycles. The van der Waals surface area contributed by atoms with Gasteiger partial charge in [0.25, 0.3) is 0 Å². The van der Waals surface area contributed by atoms with Gasteiger partial charge in [-0.05, 0) is 43.4 Å². The van der Waals surface area contributed by atoms with E-state index >= 15 is 0 Å². The maximum absolute atomic E-state index is 12.5. The summed E-state index contributed by atoms with van der Waals surface area (Å²) in [7, 11) is 1.88. The van der Waals surface area contributed by atoms with Crippen molar-refractivity contribution in [2.45, 2.75) is 57.0 Å². The zero-order valence-corrected chi connectivity index (χ0v) is 14.5. The smallest absolute Gasteiger partial charge is 0.177 e. The zero-order valence-electron chi connectivity index (χ0n) is 13.7. The monoisotopic (exact) mass is 329 g/mol. The summed E-state index contributed by atoms with van der Waals surface area (Å²) in [6, 6.07) is 3.52. The summed E-state index contributed by atoms with van der Waals surface area (Å²) in [5.41, 5.74) is 2.38. The first-order valence-electron chi connectivity index (χ1n) is 8.47. The van der Waals surface area contributed by atoms with E-state index in [9.17, 15) is 4.79 Å². The highest BCUT2D eigenvalue weighted by atomic mass is 32.1. The Kier molecular flexibility index (Phi) is 3.85. The highest BCUT2D eigenvalue weighted by Gasteiger charge is 2.41. The Morgan fingerprint density at radius 3 is 2.96 bits per heavy atom. The summed E-state index contributed by atoms with van der Waals surface area (Å²) in [5, 5.41) is 7.89. The van der Waals surface area contributed by atoms with Crippen LogP contribution in [-0.2, 0) is 13.5 Å². The zero-order chi connectivity index (χ0) is 16.0. The number of nitrogens with zero attached hydrogens (tertiary/aromatic N) is 2. The van der Waals surface area contributed by atoms with Crippen LogP contribution in [0, 0.1) is 6.92 Å². The number of thiophene rings is 1. The summed E-state index contributed by atoms with van der Waals surface area (Å²) in [6.45, 7) is 2.15. The number of aromatic nitrogens is 2. The van der Waals surface area contributed by atoms with Crippen LogP contribution in [0.5, 0.6) is 0 Å². The van der Waals surface area contributed by atoms with Crippen molar-refractivity contribution in [1.82, 2.24) is 15.1 Å². The van der Waals surface area contributed by atoms with Gasteiger partial charge in [0.2, 0.25) is 0 Å². The van der Waals surface area contributed by atoms with Crippen molar-refractivity contribution < 1.29 is 4.79 Å². The summed E-state index contributed by atoms with van der Waals surface area (Å²) >= 11 is 1.65. The van der Waals surface area contributed by atoms with Crippen LogP contribution >= 0.6 is 11.3 Å². The third-order valence-corrected chi connectivity index (χ3v) is 6.21. The molecule has 4 nitrogen and oxygen atoms in total. The van der Waals surface area contributed by atoms with Crippen LogP contribution in [0.25, 0.3) is 0 Å². The molecule has 0 saturated heterocycles. The van der Waals surface area contributed by atoms with E-state index in [1.54, 1.807) is 22.2 Å². The van der Waals surface area contributed by atoms with Gasteiger partial charge >= 0.3 is 0 Å². The lowest BCUT2D eigenvalue weighted by Crippen LogP contribution is -2.37. The van der Waals surface area contributed by atoms with E-state index < -0.39 is 0 Å². The molecule has 5 heteroatoms. The molecule has 122 valence electrons. The Balaban J connectivity index is 1.41. The minimum atomic E-state index is 0.210. The van der Waals surface area contributed by atoms with Gasteiger partial charge in [0.15, 0.2) is 5.78 Å². The SMILES string of the molecule is Cc1sc(C(=O)Cc2cnn(C)c2)cc1C1CC1NC1CCC1. The molecule has 0 spiro atoms. The third kappa shape index (κ3) is 3.12. The normalized spacial score (nSPS) is 23.7. The minimum absolute atomic E-state index is 0.210. The first kappa shape index (κ1) is 15.1. The van der Waals surface area contributed by atoms with Crippen LogP contribution in [0.4, 0.5) is 0 Å². The average molecular weight is 329 g/mol. The van der Waals surface area contributed by atoms with Gasteiger partial charge in [-0.25, -0.2) is 0 Å². The Morgan fingerprint density at radius 2 is 2.30 bits per heavy atom. The molecule has 0 aromatic carbocycles. The van der Waals surface area contributed by atoms with E-state index in [1.807, 2.05) is 13.2 Å². The molecule has 2 atom stereocenters. The highest BCUT2D eigenvalue weighted by Crippen LogP contribution is 2.45. The quantitative estimate of drug-likeness (QED) is 0.828. The largest absolute Gasteiger partial charge is 0.311 e. The van der Waals surface area contributed by atoms with E-state index in [4.69, 9.17) is 0 Å². The lowest BCUT2D eigenvalue weighted by molar-refractivity contribution is 0.0996. The van der Waals surface area contributed by atoms with Crippen LogP contribution in [0.1, 0.15) is 57.3 Å². The molecule has 2 heterocycles. The van der Waals surface area contributed by atoms with Gasteiger partial charge in [0.05, 0.1) is 11.1 Å². The number of aryl methyl sites for hydroxylation is 2. The molecule has 0 amide bonds. The maximum Gasteiger partial charge on any atom is 0.177 e. The molecule has 0 bridgehead atoms. The maximum atomic E-state index is 12.5. The fourth-order valence-corrected chi connectivity index (χ4v) is 4.47. The van der Waals surface area contributed by atoms with Crippen LogP contribution in [0.15, 0.2) is 18.5 Å². The van der Waals surface area contributed by atoms with Crippen LogP contribution in [-0.4, -0.2) is 27.6 Å². The predicted octanol–water partition coefficient (Wildman–Crippen LogP) is 3.21. The Morgan fingerprint density at radius 1 is 1.48 bits per heavy atom. The standard InChI is InChI=1S/C18H23N3OS/c1-11-14(15-7-16(15)20-13-4-3-5-13)8-18(23-11)17(22)6-12-9-19-21(2)10-12/h8-10,13,15-16,20H,3-7H2,1-2H3. The summed E-state index contributed by atoms with van der Waals surface area (Å²) in [4.78, 5) is 14.7. The molecule has 2 aliphatic rings. The molecular formula is C18H23N3OS. The van der Waals surface area contributed by atoms with Gasteiger partial charge < -0.3 is 5.32 Å². The molecule has 2 aromatic rings. The number of nitrogens with one attached hydrogen (secondary N) is 1. The Labute approximate surface area is 140 Å². The van der Waals surface area contributed by atoms with Crippen LogP contribution < -0.4 is 5.32 Å². The number of rotatable bonds is 6. The second-order valence-corrected chi connectivity index (χ2v) is 8.24. The fraction of sp³-hybridized carbons (Fsp3) is 0.556. The lowest BCUT2D eigenvalue weighted by Gasteiger charge is -2.26. The second-order valence-electron chi connectivity index (χ2n) is 6.99. The lowest BCUT2D eigenvalue weighted by atomic mass is 9.93. The van der Waals surface area contributed by atoms with Crippen molar-refractivity contribution in [2.24, 2.45) is 7.05 Å². The summed E-state index contributed by atoms with van der Waals surface area (Å²) in [6.07, 6.45) is 9.41. The van der Waals surface area contributed by atoms with Gasteiger partial charge in [-0.1, -0.05) is 6.42 Å². The van der Waals surface area contributed by atoms with Gasteiger partial charge in [-0.3, -0.25) is 9.48 Å². The van der Waals surface area contributed by atoms with Crippen LogP contribution in [0.2, 0.25) is 0 Å². The van der Waals surface area contributed by atoms with Crippen molar-refractivity contribution in [3.05, 3.63) is 39.3 Å². The van der Waals surface area contributed by atoms with Crippen molar-refractivity contribution in [3.8, 4) is 0 Å². The van der Waals surface area contributed by atoms with Crippen molar-refractivity contribution >= 4 is 17.1 Å². The third-order valence-electron chi connectivity index (χ3n) is 5.10. The van der Waals surface area contributed by atoms with Crippen molar-refractivity contribution in [1.29, 1.82) is 0 Å². The van der Waals surface area contributed by atoms with E-state index in [1.165, 1.54) is 36.1 Å². The van der Waals surface area contributed by atoms with E-state index in [2.05, 4.69) is 23.4 Å². The molecule has 0 radical (unpaired) electrons. The number of ketones is 1. The molecule has 2 saturated carbocycles. The molecule has 2 unspecified atom stereocenters. The fourth-order valence-electron chi connectivity index (χ4n) is 3.44. The van der Waals surface area contributed by atoms with E-state index in [0.29, 0.717) is 18.4 Å². The van der Waals surface area contributed by atoms with Gasteiger partial charge in [0, 0.05) is 42.5 Å². The molecular weight excluding hydrogens is 306 g/mol. The summed E-state index contributed by atoms with van der Waals surface area (Å²) < 4.78 is 1.74. The molecule has 4 rings (SSSR count).